The van der Waals surface area contributed by atoms with Gasteiger partial charge in [0.05, 0.1) is 4.92 Å². The molecule has 1 aromatic heterocycles. The molecule has 10 heteroatoms. The third-order valence-electron chi connectivity index (χ3n) is 4.00. The van der Waals surface area contributed by atoms with E-state index < -0.39 is 22.8 Å². The summed E-state index contributed by atoms with van der Waals surface area (Å²) in [6, 6.07) is 12.0. The predicted molar refractivity (Wildman–Crippen MR) is 109 cm³/mol. The Bertz CT molecular complexity index is 1060. The van der Waals surface area contributed by atoms with Crippen molar-refractivity contribution in [3.8, 4) is 10.6 Å². The average Bonchev–Trinajstić information content (AvgIpc) is 3.16. The first kappa shape index (κ1) is 20.1. The van der Waals surface area contributed by atoms with Gasteiger partial charge in [0.15, 0.2) is 0 Å². The molecule has 2 aromatic carbocycles. The molecule has 0 radical (unpaired) electrons. The summed E-state index contributed by atoms with van der Waals surface area (Å²) in [6.07, 6.45) is 0. The van der Waals surface area contributed by atoms with Crippen LogP contribution >= 0.6 is 11.3 Å². The number of carbonyl (C=O) groups excluding carboxylic acids is 2. The predicted octanol–water partition coefficient (Wildman–Crippen LogP) is 3.18. The summed E-state index contributed by atoms with van der Waals surface area (Å²) >= 11 is 1.23. The van der Waals surface area contributed by atoms with Crippen LogP contribution in [0.4, 0.5) is 10.8 Å². The molecule has 0 saturated carbocycles. The van der Waals surface area contributed by atoms with Gasteiger partial charge in [-0.3, -0.25) is 25.0 Å². The molecular weight excluding hydrogens is 394 g/mol. The van der Waals surface area contributed by atoms with Crippen molar-refractivity contribution in [1.29, 1.82) is 0 Å². The maximum Gasteiger partial charge on any atom is 0.269 e. The minimum atomic E-state index is -0.844. The standard InChI is InChI=1S/C19H17N5O4S/c1-11-4-3-5-14(10-11)18-22-23-19(29-18)21-16(25)12(2)20-17(26)13-6-8-15(9-7-13)24(27)28/h3-10,12H,1-2H3,(H,20,26)(H,21,23,25)/t12-/m1/s1. The fourth-order valence-electron chi connectivity index (χ4n) is 2.46. The van der Waals surface area contributed by atoms with Crippen molar-refractivity contribution in [3.05, 3.63) is 69.8 Å². The van der Waals surface area contributed by atoms with Crippen LogP contribution in [0.3, 0.4) is 0 Å². The number of nitro benzene ring substituents is 1. The maximum atomic E-state index is 12.3. The Labute approximate surface area is 169 Å². The van der Waals surface area contributed by atoms with Gasteiger partial charge < -0.3 is 5.32 Å². The molecule has 1 atom stereocenters. The van der Waals surface area contributed by atoms with Gasteiger partial charge in [0.1, 0.15) is 11.0 Å². The Morgan fingerprint density at radius 3 is 2.52 bits per heavy atom. The summed E-state index contributed by atoms with van der Waals surface area (Å²) in [5.74, 6) is -0.965. The smallest absolute Gasteiger partial charge is 0.269 e. The Morgan fingerprint density at radius 1 is 1.14 bits per heavy atom. The normalized spacial score (nSPS) is 11.5. The zero-order valence-corrected chi connectivity index (χ0v) is 16.4. The molecule has 0 aliphatic carbocycles. The first-order valence-corrected chi connectivity index (χ1v) is 9.42. The van der Waals surface area contributed by atoms with Crippen LogP contribution in [0.25, 0.3) is 10.6 Å². The Balaban J connectivity index is 1.60. The number of hydrogen-bond acceptors (Lipinski definition) is 7. The van der Waals surface area contributed by atoms with E-state index in [4.69, 9.17) is 0 Å². The fourth-order valence-corrected chi connectivity index (χ4v) is 3.21. The molecule has 3 rings (SSSR count). The number of benzene rings is 2. The first-order valence-electron chi connectivity index (χ1n) is 8.60. The molecule has 9 nitrogen and oxygen atoms in total. The lowest BCUT2D eigenvalue weighted by atomic mass is 10.1. The highest BCUT2D eigenvalue weighted by atomic mass is 32.1. The van der Waals surface area contributed by atoms with Crippen LogP contribution in [-0.4, -0.2) is 33.0 Å². The van der Waals surface area contributed by atoms with Crippen LogP contribution in [0.5, 0.6) is 0 Å². The summed E-state index contributed by atoms with van der Waals surface area (Å²) in [5, 5.41) is 24.9. The largest absolute Gasteiger partial charge is 0.341 e. The van der Waals surface area contributed by atoms with Crippen molar-refractivity contribution in [2.45, 2.75) is 19.9 Å². The highest BCUT2D eigenvalue weighted by Crippen LogP contribution is 2.26. The molecule has 1 heterocycles. The van der Waals surface area contributed by atoms with E-state index in [1.165, 1.54) is 42.5 Å². The van der Waals surface area contributed by atoms with Gasteiger partial charge in [-0.25, -0.2) is 0 Å². The zero-order valence-electron chi connectivity index (χ0n) is 15.6. The molecule has 0 unspecified atom stereocenters. The van der Waals surface area contributed by atoms with E-state index in [1.807, 2.05) is 31.2 Å². The molecule has 0 spiro atoms. The second-order valence-electron chi connectivity index (χ2n) is 6.27. The maximum absolute atomic E-state index is 12.3. The summed E-state index contributed by atoms with van der Waals surface area (Å²) in [6.45, 7) is 3.50. The number of hydrogen-bond donors (Lipinski definition) is 2. The van der Waals surface area contributed by atoms with E-state index in [-0.39, 0.29) is 11.3 Å². The van der Waals surface area contributed by atoms with Crippen molar-refractivity contribution >= 4 is 34.0 Å². The van der Waals surface area contributed by atoms with Crippen LogP contribution in [0.1, 0.15) is 22.8 Å². The summed E-state index contributed by atoms with van der Waals surface area (Å²) in [5.41, 5.74) is 2.09. The van der Waals surface area contributed by atoms with E-state index in [2.05, 4.69) is 20.8 Å². The number of non-ortho nitro benzene ring substituents is 1. The van der Waals surface area contributed by atoms with Gasteiger partial charge >= 0.3 is 0 Å². The molecule has 0 saturated heterocycles. The molecule has 0 bridgehead atoms. The molecule has 0 fully saturated rings. The summed E-state index contributed by atoms with van der Waals surface area (Å²) < 4.78 is 0. The van der Waals surface area contributed by atoms with Gasteiger partial charge in [0.25, 0.3) is 11.6 Å². The summed E-state index contributed by atoms with van der Waals surface area (Å²) in [7, 11) is 0. The lowest BCUT2D eigenvalue weighted by Crippen LogP contribution is -2.41. The van der Waals surface area contributed by atoms with Gasteiger partial charge in [0, 0.05) is 23.3 Å². The van der Waals surface area contributed by atoms with Crippen LogP contribution in [0, 0.1) is 17.0 Å². The topological polar surface area (TPSA) is 127 Å². The van der Waals surface area contributed by atoms with Gasteiger partial charge in [-0.1, -0.05) is 35.1 Å². The number of amides is 2. The highest BCUT2D eigenvalue weighted by molar-refractivity contribution is 7.18. The van der Waals surface area contributed by atoms with Gasteiger partial charge in [0.2, 0.25) is 11.0 Å². The second kappa shape index (κ2) is 8.57. The number of carbonyl (C=O) groups is 2. The molecule has 2 amide bonds. The quantitative estimate of drug-likeness (QED) is 0.474. The van der Waals surface area contributed by atoms with Crippen LogP contribution in [0.2, 0.25) is 0 Å². The molecular formula is C19H17N5O4S. The Kier molecular flexibility index (Phi) is 5.93. The zero-order chi connectivity index (χ0) is 21.0. The third-order valence-corrected chi connectivity index (χ3v) is 4.89. The number of nitro groups is 1. The molecule has 0 aliphatic rings. The van der Waals surface area contributed by atoms with E-state index in [1.54, 1.807) is 0 Å². The molecule has 2 N–H and O–H groups in total. The monoisotopic (exact) mass is 411 g/mol. The number of anilines is 1. The number of aryl methyl sites for hydroxylation is 1. The van der Waals surface area contributed by atoms with E-state index in [0.29, 0.717) is 10.1 Å². The van der Waals surface area contributed by atoms with Crippen molar-refractivity contribution in [1.82, 2.24) is 15.5 Å². The molecule has 148 valence electrons. The second-order valence-corrected chi connectivity index (χ2v) is 7.25. The molecule has 0 aliphatic heterocycles. The SMILES string of the molecule is Cc1cccc(-c2nnc(NC(=O)[C@@H](C)NC(=O)c3ccc([N+](=O)[O-])cc3)s2)c1. The first-order chi connectivity index (χ1) is 13.8. The molecule has 29 heavy (non-hydrogen) atoms. The van der Waals surface area contributed by atoms with E-state index >= 15 is 0 Å². The average molecular weight is 411 g/mol. The van der Waals surface area contributed by atoms with Crippen LogP contribution in [0.15, 0.2) is 48.5 Å². The lowest BCUT2D eigenvalue weighted by molar-refractivity contribution is -0.384. The Morgan fingerprint density at radius 2 is 1.86 bits per heavy atom. The van der Waals surface area contributed by atoms with Gasteiger partial charge in [-0.15, -0.1) is 10.2 Å². The Hall–Kier alpha value is -3.66. The fraction of sp³-hybridized carbons (Fsp3) is 0.158. The number of rotatable bonds is 6. The number of nitrogens with zero attached hydrogens (tertiary/aromatic N) is 3. The van der Waals surface area contributed by atoms with Gasteiger partial charge in [-0.2, -0.15) is 0 Å². The van der Waals surface area contributed by atoms with Crippen LogP contribution < -0.4 is 10.6 Å². The minimum Gasteiger partial charge on any atom is -0.341 e. The number of nitrogens with one attached hydrogen (secondary N) is 2. The van der Waals surface area contributed by atoms with E-state index in [9.17, 15) is 19.7 Å². The van der Waals surface area contributed by atoms with Crippen molar-refractivity contribution in [2.75, 3.05) is 5.32 Å². The van der Waals surface area contributed by atoms with Crippen molar-refractivity contribution < 1.29 is 14.5 Å². The highest BCUT2D eigenvalue weighted by Gasteiger charge is 2.19. The van der Waals surface area contributed by atoms with E-state index in [0.717, 1.165) is 11.1 Å². The van der Waals surface area contributed by atoms with Crippen molar-refractivity contribution in [2.24, 2.45) is 0 Å². The summed E-state index contributed by atoms with van der Waals surface area (Å²) in [4.78, 5) is 34.7. The lowest BCUT2D eigenvalue weighted by Gasteiger charge is -2.12. The van der Waals surface area contributed by atoms with Crippen molar-refractivity contribution in [3.63, 3.8) is 0 Å². The van der Waals surface area contributed by atoms with Gasteiger partial charge in [-0.05, 0) is 32.0 Å². The third kappa shape index (κ3) is 4.99. The number of aromatic nitrogens is 2. The minimum absolute atomic E-state index is 0.118. The van der Waals surface area contributed by atoms with Crippen LogP contribution in [-0.2, 0) is 4.79 Å². The molecule has 3 aromatic rings.